The monoisotopic (exact) mass is 609 g/mol. The molecule has 1 saturated heterocycles. The van der Waals surface area contributed by atoms with Gasteiger partial charge in [-0.2, -0.15) is 0 Å². The van der Waals surface area contributed by atoms with Crippen LogP contribution in [0.4, 0.5) is 4.39 Å². The second kappa shape index (κ2) is 12.6. The van der Waals surface area contributed by atoms with Crippen molar-refractivity contribution >= 4 is 16.9 Å². The maximum atomic E-state index is 14.7. The molecule has 3 aliphatic heterocycles. The molecule has 44 heavy (non-hydrogen) atoms. The first-order valence-corrected chi connectivity index (χ1v) is 14.8. The first-order chi connectivity index (χ1) is 21.0. The third-order valence-corrected chi connectivity index (χ3v) is 8.51. The molecule has 2 atom stereocenters. The summed E-state index contributed by atoms with van der Waals surface area (Å²) < 4.78 is 21.2. The van der Waals surface area contributed by atoms with E-state index in [-0.39, 0.29) is 49.0 Å². The number of carbonyl (C=O) groups excluding carboxylic acids is 1. The highest BCUT2D eigenvalue weighted by atomic mass is 19.1. The topological polar surface area (TPSA) is 163 Å². The fourth-order valence-electron chi connectivity index (χ4n) is 6.11. The summed E-state index contributed by atoms with van der Waals surface area (Å²) in [5, 5.41) is 22.3. The number of aryl methyl sites for hydroxylation is 1. The minimum atomic E-state index is -1.57. The van der Waals surface area contributed by atoms with Gasteiger partial charge in [0.2, 0.25) is 0 Å². The van der Waals surface area contributed by atoms with E-state index < -0.39 is 17.9 Å². The van der Waals surface area contributed by atoms with Crippen LogP contribution in [0.15, 0.2) is 34.9 Å². The predicted molar refractivity (Wildman–Crippen MR) is 163 cm³/mol. The summed E-state index contributed by atoms with van der Waals surface area (Å²) in [4.78, 5) is 34.5. The maximum absolute atomic E-state index is 14.7. The molecule has 1 aromatic carbocycles. The molecule has 6 rings (SSSR count). The van der Waals surface area contributed by atoms with Crippen LogP contribution in [-0.2, 0) is 29.2 Å². The number of benzene rings is 1. The number of likely N-dealkylation sites (N-methyl/N-ethyl adjacent to an activating group) is 1. The van der Waals surface area contributed by atoms with E-state index >= 15 is 0 Å². The first-order valence-electron chi connectivity index (χ1n) is 14.8. The molecule has 0 bridgehead atoms. The fourth-order valence-corrected chi connectivity index (χ4v) is 6.11. The van der Waals surface area contributed by atoms with Crippen molar-refractivity contribution in [2.24, 2.45) is 11.6 Å². The maximum Gasteiger partial charge on any atom is 0.340 e. The number of aliphatic hydroxyl groups is 2. The van der Waals surface area contributed by atoms with E-state index in [0.29, 0.717) is 46.6 Å². The van der Waals surface area contributed by atoms with Crippen molar-refractivity contribution in [1.29, 1.82) is 0 Å². The number of rotatable bonds is 6. The van der Waals surface area contributed by atoms with Gasteiger partial charge in [-0.05, 0) is 37.2 Å². The zero-order valence-electron chi connectivity index (χ0n) is 25.5. The quantitative estimate of drug-likeness (QED) is 0.141. The molecule has 0 aliphatic carbocycles. The van der Waals surface area contributed by atoms with Crippen molar-refractivity contribution in [3.8, 4) is 11.4 Å². The van der Waals surface area contributed by atoms with Crippen LogP contribution in [0.25, 0.3) is 22.3 Å². The predicted octanol–water partition coefficient (Wildman–Crippen LogP) is 1.07. The van der Waals surface area contributed by atoms with E-state index in [1.165, 1.54) is 15.6 Å². The van der Waals surface area contributed by atoms with Crippen molar-refractivity contribution in [1.82, 2.24) is 24.4 Å². The number of piperazine rings is 1. The Bertz CT molecular complexity index is 1690. The van der Waals surface area contributed by atoms with Crippen molar-refractivity contribution in [2.45, 2.75) is 52.6 Å². The van der Waals surface area contributed by atoms with Gasteiger partial charge in [0.25, 0.3) is 5.56 Å². The Hall–Kier alpha value is -3.88. The minimum Gasteiger partial charge on any atom is -0.458 e. The number of carbonyl (C=O) groups is 1. The van der Waals surface area contributed by atoms with Gasteiger partial charge in [0.05, 0.1) is 42.2 Å². The highest BCUT2D eigenvalue weighted by molar-refractivity contribution is 5.89. The number of cyclic esters (lactones) is 1. The molecule has 3 aromatic rings. The molecular weight excluding hydrogens is 569 g/mol. The second-order valence-electron chi connectivity index (χ2n) is 11.3. The average molecular weight is 610 g/mol. The molecular formula is C31H40FN7O5. The summed E-state index contributed by atoms with van der Waals surface area (Å²) in [6.07, 6.45) is 0.0881. The molecule has 1 fully saturated rings. The lowest BCUT2D eigenvalue weighted by molar-refractivity contribution is -0.157. The molecule has 2 unspecified atom stereocenters. The Morgan fingerprint density at radius 2 is 1.98 bits per heavy atom. The summed E-state index contributed by atoms with van der Waals surface area (Å²) in [6.45, 7) is 8.68. The van der Waals surface area contributed by atoms with Crippen LogP contribution in [0, 0.1) is 12.7 Å². The van der Waals surface area contributed by atoms with Crippen molar-refractivity contribution in [3.63, 3.8) is 0 Å². The lowest BCUT2D eigenvalue weighted by Crippen LogP contribution is -2.53. The van der Waals surface area contributed by atoms with Gasteiger partial charge in [-0.15, -0.1) is 0 Å². The number of esters is 1. The Morgan fingerprint density at radius 1 is 1.23 bits per heavy atom. The van der Waals surface area contributed by atoms with Gasteiger partial charge >= 0.3 is 5.97 Å². The number of ether oxygens (including phenoxy) is 1. The Balaban J connectivity index is 0.00000188. The summed E-state index contributed by atoms with van der Waals surface area (Å²) in [5.41, 5.74) is 10.2. The highest BCUT2D eigenvalue weighted by Crippen LogP contribution is 2.38. The lowest BCUT2D eigenvalue weighted by Gasteiger charge is -2.38. The van der Waals surface area contributed by atoms with Crippen LogP contribution in [-0.4, -0.2) is 86.4 Å². The molecule has 6 N–H and O–H groups in total. The Kier molecular flexibility index (Phi) is 9.05. The minimum absolute atomic E-state index is 0.0384. The van der Waals surface area contributed by atoms with Crippen LogP contribution in [0.2, 0.25) is 0 Å². The van der Waals surface area contributed by atoms with E-state index in [1.807, 2.05) is 20.9 Å². The molecule has 5 heterocycles. The van der Waals surface area contributed by atoms with E-state index in [9.17, 15) is 24.2 Å². The third kappa shape index (κ3) is 5.69. The van der Waals surface area contributed by atoms with Gasteiger partial charge < -0.3 is 30.3 Å². The van der Waals surface area contributed by atoms with Crippen LogP contribution in [0.3, 0.4) is 0 Å². The largest absolute Gasteiger partial charge is 0.458 e. The van der Waals surface area contributed by atoms with E-state index in [0.717, 1.165) is 24.2 Å². The number of halogens is 1. The van der Waals surface area contributed by atoms with Gasteiger partial charge in [-0.25, -0.2) is 20.0 Å². The molecule has 0 spiro atoms. The molecule has 13 heteroatoms. The molecule has 0 radical (unpaired) electrons. The van der Waals surface area contributed by atoms with Crippen molar-refractivity contribution in [3.05, 3.63) is 74.1 Å². The van der Waals surface area contributed by atoms with Crippen LogP contribution in [0.1, 0.15) is 47.8 Å². The van der Waals surface area contributed by atoms with Crippen LogP contribution >= 0.6 is 0 Å². The molecule has 3 aliphatic rings. The van der Waals surface area contributed by atoms with Crippen LogP contribution in [0.5, 0.6) is 0 Å². The average Bonchev–Trinajstić information content (AvgIpc) is 3.36. The molecule has 2 aromatic heterocycles. The van der Waals surface area contributed by atoms with Crippen LogP contribution < -0.4 is 17.1 Å². The summed E-state index contributed by atoms with van der Waals surface area (Å²) in [5.74, 6) is 5.24. The second-order valence-corrected chi connectivity index (χ2v) is 11.3. The number of pyridine rings is 2. The fraction of sp³-hybridized carbons (Fsp3) is 0.452. The van der Waals surface area contributed by atoms with E-state index in [2.05, 4.69) is 9.80 Å². The number of hydrogen-bond donors (Lipinski definition) is 4. The number of hydrazine groups is 1. The summed E-state index contributed by atoms with van der Waals surface area (Å²) in [6, 6.07) is 4.71. The normalized spacial score (nSPS) is 20.0. The lowest BCUT2D eigenvalue weighted by atomic mass is 9.97. The Labute approximate surface area is 254 Å². The highest BCUT2D eigenvalue weighted by Gasteiger charge is 2.35. The molecule has 0 saturated carbocycles. The van der Waals surface area contributed by atoms with Gasteiger partial charge in [0.1, 0.15) is 12.4 Å². The third-order valence-electron chi connectivity index (χ3n) is 8.51. The standard InChI is InChI=1S/C29H34FN7O5.C2H6/c1-15-5-18-20(11-36(32)9-16(31)8-35-4-3-34(2)17(10-35)13-38)21-12-37-25(26(21)33-24(18)7-23(15)30)6-19-22(28(37)40)14-42-29(41)27(19)39;1-2/h5-7,9,17,27,38-39H,3-4,8,10-14,31-32H2,1-2H3;1-2H3/b16-9-;. The first kappa shape index (κ1) is 31.5. The number of fused-ring (bicyclic) bond motifs is 5. The van der Waals surface area contributed by atoms with Crippen molar-refractivity contribution in [2.75, 3.05) is 39.8 Å². The number of aromatic nitrogens is 2. The number of nitrogens with zero attached hydrogens (tertiary/aromatic N) is 5. The summed E-state index contributed by atoms with van der Waals surface area (Å²) >= 11 is 0. The Morgan fingerprint density at radius 3 is 2.70 bits per heavy atom. The van der Waals surface area contributed by atoms with Gasteiger partial charge in [-0.1, -0.05) is 13.8 Å². The molecule has 0 amide bonds. The number of aliphatic hydroxyl groups excluding tert-OH is 2. The van der Waals surface area contributed by atoms with Gasteiger partial charge in [-0.3, -0.25) is 14.6 Å². The summed E-state index contributed by atoms with van der Waals surface area (Å²) in [7, 11) is 1.99. The van der Waals surface area contributed by atoms with Crippen molar-refractivity contribution < 1.29 is 24.1 Å². The number of hydrogen-bond acceptors (Lipinski definition) is 11. The van der Waals surface area contributed by atoms with E-state index in [1.54, 1.807) is 25.3 Å². The SMILES string of the molecule is CC.Cc1cc2c(CN(N)/C=C(\N)CN3CCN(C)C(CO)C3)c3c(nc2cc1F)-c1cc2c(c(=O)n1C3)COC(=O)C2O. The van der Waals surface area contributed by atoms with Gasteiger partial charge in [0.15, 0.2) is 6.10 Å². The molecule has 236 valence electrons. The zero-order chi connectivity index (χ0) is 31.9. The van der Waals surface area contributed by atoms with E-state index in [4.69, 9.17) is 21.3 Å². The number of nitrogens with two attached hydrogens (primary N) is 2. The molecule has 12 nitrogen and oxygen atoms in total. The van der Waals surface area contributed by atoms with Gasteiger partial charge in [0, 0.05) is 66.7 Å². The zero-order valence-corrected chi connectivity index (χ0v) is 25.5. The smallest absolute Gasteiger partial charge is 0.340 e.